The molecule has 0 saturated carbocycles. The van der Waals surface area contributed by atoms with Gasteiger partial charge in [0.25, 0.3) is 5.91 Å². The van der Waals surface area contributed by atoms with Gasteiger partial charge in [-0.1, -0.05) is 31.0 Å². The van der Waals surface area contributed by atoms with Gasteiger partial charge in [0, 0.05) is 5.69 Å². The van der Waals surface area contributed by atoms with E-state index in [-0.39, 0.29) is 5.75 Å². The van der Waals surface area contributed by atoms with Gasteiger partial charge in [-0.2, -0.15) is 0 Å². The van der Waals surface area contributed by atoms with E-state index >= 15 is 0 Å². The normalized spacial score (nSPS) is 13.8. The molecule has 0 fully saturated rings. The summed E-state index contributed by atoms with van der Waals surface area (Å²) in [4.78, 5) is 24.0. The molecule has 1 aromatic carbocycles. The van der Waals surface area contributed by atoms with Crippen molar-refractivity contribution in [3.8, 4) is 0 Å². The highest BCUT2D eigenvalue weighted by molar-refractivity contribution is 7.89. The molecule has 0 bridgehead atoms. The molecule has 0 saturated heterocycles. The number of nitrogens with one attached hydrogen (secondary N) is 2. The van der Waals surface area contributed by atoms with Crippen LogP contribution in [-0.2, 0) is 24.3 Å². The highest BCUT2D eigenvalue weighted by Crippen LogP contribution is 2.10. The lowest BCUT2D eigenvalue weighted by Gasteiger charge is -2.17. The minimum Gasteiger partial charge on any atom is -0.451 e. The first-order valence-corrected chi connectivity index (χ1v) is 9.88. The number of anilines is 1. The number of ether oxygens (including phenoxy) is 1. The van der Waals surface area contributed by atoms with Gasteiger partial charge in [0.1, 0.15) is 6.04 Å². The molecule has 0 heterocycles. The molecular formula is C17H26N2O5S. The van der Waals surface area contributed by atoms with Crippen molar-refractivity contribution in [1.82, 2.24) is 4.72 Å². The summed E-state index contributed by atoms with van der Waals surface area (Å²) in [5.41, 5.74) is 1.65. The van der Waals surface area contributed by atoms with Crippen molar-refractivity contribution in [2.45, 2.75) is 52.7 Å². The Kier molecular flexibility index (Phi) is 8.05. The summed E-state index contributed by atoms with van der Waals surface area (Å²) in [7, 11) is -3.55. The van der Waals surface area contributed by atoms with Crippen LogP contribution in [-0.4, -0.2) is 38.2 Å². The molecule has 0 unspecified atom stereocenters. The Hall–Kier alpha value is -1.93. The van der Waals surface area contributed by atoms with Crippen LogP contribution in [0.15, 0.2) is 24.3 Å². The average Bonchev–Trinajstić information content (AvgIpc) is 2.54. The molecule has 1 rings (SSSR count). The lowest BCUT2D eigenvalue weighted by Crippen LogP contribution is -2.43. The highest BCUT2D eigenvalue weighted by atomic mass is 32.2. The first-order valence-electron chi connectivity index (χ1n) is 8.22. The van der Waals surface area contributed by atoms with Crippen molar-refractivity contribution in [2.24, 2.45) is 0 Å². The first kappa shape index (κ1) is 21.1. The van der Waals surface area contributed by atoms with Crippen LogP contribution in [0, 0.1) is 6.92 Å². The molecular weight excluding hydrogens is 344 g/mol. The predicted octanol–water partition coefficient (Wildman–Crippen LogP) is 1.97. The van der Waals surface area contributed by atoms with Gasteiger partial charge in [0.15, 0.2) is 6.10 Å². The van der Waals surface area contributed by atoms with E-state index in [1.54, 1.807) is 12.1 Å². The molecule has 0 aliphatic heterocycles. The van der Waals surface area contributed by atoms with Crippen molar-refractivity contribution < 1.29 is 22.7 Å². The zero-order chi connectivity index (χ0) is 19.0. The van der Waals surface area contributed by atoms with Crippen molar-refractivity contribution in [2.75, 3.05) is 11.1 Å². The van der Waals surface area contributed by atoms with Gasteiger partial charge in [-0.15, -0.1) is 0 Å². The molecule has 0 aromatic heterocycles. The van der Waals surface area contributed by atoms with Crippen LogP contribution >= 0.6 is 0 Å². The van der Waals surface area contributed by atoms with Crippen molar-refractivity contribution >= 4 is 27.6 Å². The molecule has 7 nitrogen and oxygen atoms in total. The van der Waals surface area contributed by atoms with E-state index in [1.165, 1.54) is 13.8 Å². The fourth-order valence-corrected chi connectivity index (χ4v) is 3.34. The van der Waals surface area contributed by atoms with E-state index in [0.717, 1.165) is 12.0 Å². The summed E-state index contributed by atoms with van der Waals surface area (Å²) < 4.78 is 30.9. The summed E-state index contributed by atoms with van der Waals surface area (Å²) in [6.07, 6.45) is 0.194. The topological polar surface area (TPSA) is 102 Å². The standard InChI is InChI=1S/C17H26N2O5S/c1-5-6-11-25(22,23)19-13(3)17(21)24-14(4)16(20)18-15-9-7-12(2)8-10-15/h7-10,13-14,19H,5-6,11H2,1-4H3,(H,18,20)/t13-,14+/m0/s1. The van der Waals surface area contributed by atoms with Crippen molar-refractivity contribution in [3.63, 3.8) is 0 Å². The Morgan fingerprint density at radius 1 is 1.16 bits per heavy atom. The Labute approximate surface area is 149 Å². The summed E-state index contributed by atoms with van der Waals surface area (Å²) >= 11 is 0. The molecule has 140 valence electrons. The van der Waals surface area contributed by atoms with Gasteiger partial charge < -0.3 is 10.1 Å². The van der Waals surface area contributed by atoms with Gasteiger partial charge >= 0.3 is 5.97 Å². The Morgan fingerprint density at radius 3 is 2.32 bits per heavy atom. The highest BCUT2D eigenvalue weighted by Gasteiger charge is 2.25. The zero-order valence-corrected chi connectivity index (χ0v) is 15.9. The SMILES string of the molecule is CCCCS(=O)(=O)N[C@@H](C)C(=O)O[C@H](C)C(=O)Nc1ccc(C)cc1. The number of hydrogen-bond acceptors (Lipinski definition) is 5. The molecule has 0 spiro atoms. The molecule has 0 radical (unpaired) electrons. The predicted molar refractivity (Wildman–Crippen MR) is 96.7 cm³/mol. The van der Waals surface area contributed by atoms with Gasteiger partial charge in [0.05, 0.1) is 5.75 Å². The lowest BCUT2D eigenvalue weighted by atomic mass is 10.2. The van der Waals surface area contributed by atoms with Crippen molar-refractivity contribution in [1.29, 1.82) is 0 Å². The van der Waals surface area contributed by atoms with E-state index in [4.69, 9.17) is 4.74 Å². The van der Waals surface area contributed by atoms with Crippen molar-refractivity contribution in [3.05, 3.63) is 29.8 Å². The van der Waals surface area contributed by atoms with Crippen LogP contribution in [0.4, 0.5) is 5.69 Å². The lowest BCUT2D eigenvalue weighted by molar-refractivity contribution is -0.154. The molecule has 0 aliphatic carbocycles. The van der Waals surface area contributed by atoms with E-state index < -0.39 is 34.0 Å². The summed E-state index contributed by atoms with van der Waals surface area (Å²) in [5.74, 6) is -1.34. The third kappa shape index (κ3) is 7.66. The quantitative estimate of drug-likeness (QED) is 0.647. The second kappa shape index (κ2) is 9.53. The zero-order valence-electron chi connectivity index (χ0n) is 15.0. The Balaban J connectivity index is 2.54. The van der Waals surface area contributed by atoms with Gasteiger partial charge in [-0.3, -0.25) is 9.59 Å². The number of unbranched alkanes of at least 4 members (excludes halogenated alkanes) is 1. The number of carbonyl (C=O) groups is 2. The molecule has 1 aromatic rings. The van der Waals surface area contributed by atoms with E-state index in [1.807, 2.05) is 26.0 Å². The Bertz CT molecular complexity index is 685. The fraction of sp³-hybridized carbons (Fsp3) is 0.529. The van der Waals surface area contributed by atoms with E-state index in [2.05, 4.69) is 10.0 Å². The van der Waals surface area contributed by atoms with E-state index in [9.17, 15) is 18.0 Å². The molecule has 2 N–H and O–H groups in total. The van der Waals surface area contributed by atoms with Crippen LogP contribution in [0.25, 0.3) is 0 Å². The molecule has 0 aliphatic rings. The maximum atomic E-state index is 12.1. The van der Waals surface area contributed by atoms with Crippen LogP contribution in [0.5, 0.6) is 0 Å². The first-order chi connectivity index (χ1) is 11.6. The smallest absolute Gasteiger partial charge is 0.324 e. The number of sulfonamides is 1. The molecule has 25 heavy (non-hydrogen) atoms. The monoisotopic (exact) mass is 370 g/mol. The summed E-state index contributed by atoms with van der Waals surface area (Å²) in [6.45, 7) is 6.62. The minimum absolute atomic E-state index is 0.0510. The third-order valence-electron chi connectivity index (χ3n) is 3.46. The maximum Gasteiger partial charge on any atom is 0.324 e. The largest absolute Gasteiger partial charge is 0.451 e. The summed E-state index contributed by atoms with van der Waals surface area (Å²) in [6, 6.07) is 6.12. The Morgan fingerprint density at radius 2 is 1.76 bits per heavy atom. The number of rotatable bonds is 9. The molecule has 8 heteroatoms. The fourth-order valence-electron chi connectivity index (χ4n) is 1.92. The second-order valence-corrected chi connectivity index (χ2v) is 7.82. The number of esters is 1. The number of carbonyl (C=O) groups excluding carboxylic acids is 2. The number of benzene rings is 1. The third-order valence-corrected chi connectivity index (χ3v) is 5.00. The van der Waals surface area contributed by atoms with Crippen LogP contribution in [0.3, 0.4) is 0 Å². The minimum atomic E-state index is -3.55. The summed E-state index contributed by atoms with van der Waals surface area (Å²) in [5, 5.41) is 2.63. The van der Waals surface area contributed by atoms with Crippen LogP contribution in [0.1, 0.15) is 39.2 Å². The molecule has 1 amide bonds. The number of hydrogen-bond donors (Lipinski definition) is 2. The van der Waals surface area contributed by atoms with Gasteiger partial charge in [-0.25, -0.2) is 13.1 Å². The van der Waals surface area contributed by atoms with E-state index in [0.29, 0.717) is 12.1 Å². The second-order valence-electron chi connectivity index (χ2n) is 5.95. The van der Waals surface area contributed by atoms with Crippen LogP contribution in [0.2, 0.25) is 0 Å². The average molecular weight is 370 g/mol. The number of amides is 1. The molecule has 2 atom stereocenters. The van der Waals surface area contributed by atoms with Gasteiger partial charge in [-0.05, 0) is 39.3 Å². The van der Waals surface area contributed by atoms with Gasteiger partial charge in [0.2, 0.25) is 10.0 Å². The maximum absolute atomic E-state index is 12.1. The van der Waals surface area contributed by atoms with Crippen LogP contribution < -0.4 is 10.0 Å². The number of aryl methyl sites for hydroxylation is 1.